The molecule has 164 valence electrons. The summed E-state index contributed by atoms with van der Waals surface area (Å²) in [6.45, 7) is 3.96. The van der Waals surface area contributed by atoms with Crippen LogP contribution in [-0.4, -0.2) is 41.3 Å². The summed E-state index contributed by atoms with van der Waals surface area (Å²) in [6.07, 6.45) is 1.78. The van der Waals surface area contributed by atoms with Crippen molar-refractivity contribution in [3.8, 4) is 11.5 Å². The maximum absolute atomic E-state index is 12.5. The highest BCUT2D eigenvalue weighted by molar-refractivity contribution is 7.92. The summed E-state index contributed by atoms with van der Waals surface area (Å²) in [5.74, 6) is 1.17. The van der Waals surface area contributed by atoms with E-state index in [4.69, 9.17) is 9.47 Å². The van der Waals surface area contributed by atoms with Crippen LogP contribution >= 0.6 is 0 Å². The van der Waals surface area contributed by atoms with E-state index in [9.17, 15) is 13.2 Å². The number of aryl methyl sites for hydroxylation is 1. The van der Waals surface area contributed by atoms with E-state index in [0.29, 0.717) is 23.6 Å². The van der Waals surface area contributed by atoms with Crippen molar-refractivity contribution in [2.75, 3.05) is 31.3 Å². The summed E-state index contributed by atoms with van der Waals surface area (Å²) in [5, 5.41) is 2.94. The summed E-state index contributed by atoms with van der Waals surface area (Å²) in [4.78, 5) is 12.5. The third-order valence-electron chi connectivity index (χ3n) is 4.83. The number of methoxy groups -OCH3 is 2. The van der Waals surface area contributed by atoms with Crippen LogP contribution in [0.4, 0.5) is 5.69 Å². The van der Waals surface area contributed by atoms with Crippen molar-refractivity contribution < 1.29 is 22.7 Å². The quantitative estimate of drug-likeness (QED) is 0.619. The Morgan fingerprint density at radius 2 is 1.83 bits per heavy atom. The van der Waals surface area contributed by atoms with Crippen molar-refractivity contribution in [1.82, 2.24) is 5.32 Å². The number of amides is 1. The summed E-state index contributed by atoms with van der Waals surface area (Å²) < 4.78 is 36.5. The van der Waals surface area contributed by atoms with Gasteiger partial charge in [-0.05, 0) is 50.1 Å². The average Bonchev–Trinajstić information content (AvgIpc) is 2.70. The van der Waals surface area contributed by atoms with Gasteiger partial charge in [0.05, 0.1) is 32.2 Å². The number of hydrogen-bond acceptors (Lipinski definition) is 5. The number of hydrogen-bond donors (Lipinski definition) is 1. The number of rotatable bonds is 10. The molecule has 1 N–H and O–H groups in total. The van der Waals surface area contributed by atoms with Crippen molar-refractivity contribution in [3.63, 3.8) is 0 Å². The van der Waals surface area contributed by atoms with Crippen LogP contribution in [0, 0.1) is 6.92 Å². The molecule has 0 aliphatic heterocycles. The van der Waals surface area contributed by atoms with Gasteiger partial charge >= 0.3 is 0 Å². The largest absolute Gasteiger partial charge is 0.497 e. The van der Waals surface area contributed by atoms with E-state index in [1.54, 1.807) is 38.5 Å². The van der Waals surface area contributed by atoms with Gasteiger partial charge in [0.1, 0.15) is 11.5 Å². The Hall–Kier alpha value is -2.74. The fourth-order valence-electron chi connectivity index (χ4n) is 3.26. The van der Waals surface area contributed by atoms with Gasteiger partial charge in [-0.1, -0.05) is 18.2 Å². The molecule has 0 spiro atoms. The van der Waals surface area contributed by atoms with E-state index in [0.717, 1.165) is 11.1 Å². The molecule has 7 nitrogen and oxygen atoms in total. The molecule has 0 heterocycles. The molecule has 0 aliphatic rings. The zero-order valence-electron chi connectivity index (χ0n) is 18.1. The predicted molar refractivity (Wildman–Crippen MR) is 119 cm³/mol. The summed E-state index contributed by atoms with van der Waals surface area (Å²) in [6, 6.07) is 12.4. The highest BCUT2D eigenvalue weighted by Crippen LogP contribution is 2.29. The summed E-state index contributed by atoms with van der Waals surface area (Å²) in [5.41, 5.74) is 2.31. The highest BCUT2D eigenvalue weighted by atomic mass is 32.2. The van der Waals surface area contributed by atoms with Crippen molar-refractivity contribution in [3.05, 3.63) is 53.6 Å². The van der Waals surface area contributed by atoms with Crippen molar-refractivity contribution in [1.29, 1.82) is 0 Å². The van der Waals surface area contributed by atoms with Gasteiger partial charge in [0.25, 0.3) is 0 Å². The van der Waals surface area contributed by atoms with Crippen LogP contribution in [0.3, 0.4) is 0 Å². The molecule has 1 atom stereocenters. The van der Waals surface area contributed by atoms with E-state index >= 15 is 0 Å². The number of nitrogens with one attached hydrogen (secondary N) is 1. The first kappa shape index (κ1) is 23.5. The van der Waals surface area contributed by atoms with E-state index in [-0.39, 0.29) is 24.9 Å². The second-order valence-electron chi connectivity index (χ2n) is 7.12. The lowest BCUT2D eigenvalue weighted by Crippen LogP contribution is -2.33. The predicted octanol–water partition coefficient (Wildman–Crippen LogP) is 3.44. The standard InChI is InChI=1S/C22H30N2O5S/c1-16-9-6-7-10-20(16)24(30(5,26)27)14-8-11-22(25)23-17(2)19-15-18(28-3)12-13-21(19)29-4/h6-7,9-10,12-13,15,17H,8,11,14H2,1-5H3,(H,23,25). The van der Waals surface area contributed by atoms with Crippen LogP contribution in [-0.2, 0) is 14.8 Å². The Balaban J connectivity index is 2.01. The SMILES string of the molecule is COc1ccc(OC)c(C(C)NC(=O)CCCN(c2ccccc2C)S(C)(=O)=O)c1. The monoisotopic (exact) mass is 434 g/mol. The third kappa shape index (κ3) is 6.13. The molecule has 0 fully saturated rings. The van der Waals surface area contributed by atoms with Gasteiger partial charge < -0.3 is 14.8 Å². The van der Waals surface area contributed by atoms with Crippen LogP contribution in [0.5, 0.6) is 11.5 Å². The second-order valence-corrected chi connectivity index (χ2v) is 9.03. The van der Waals surface area contributed by atoms with E-state index in [2.05, 4.69) is 5.32 Å². The molecule has 0 saturated heterocycles. The molecule has 8 heteroatoms. The number of carbonyl (C=O) groups excluding carboxylic acids is 1. The minimum atomic E-state index is -3.45. The first-order valence-corrected chi connectivity index (χ1v) is 11.6. The number of benzene rings is 2. The number of carbonyl (C=O) groups is 1. The number of ether oxygens (including phenoxy) is 2. The topological polar surface area (TPSA) is 84.9 Å². The Morgan fingerprint density at radius 1 is 1.13 bits per heavy atom. The molecule has 0 bridgehead atoms. The molecule has 1 amide bonds. The smallest absolute Gasteiger partial charge is 0.232 e. The number of nitrogens with zero attached hydrogens (tertiary/aromatic N) is 1. The van der Waals surface area contributed by atoms with E-state index < -0.39 is 10.0 Å². The minimum absolute atomic E-state index is 0.161. The van der Waals surface area contributed by atoms with Crippen LogP contribution in [0.2, 0.25) is 0 Å². The second kappa shape index (κ2) is 10.3. The van der Waals surface area contributed by atoms with Crippen LogP contribution in [0.15, 0.2) is 42.5 Å². The fourth-order valence-corrected chi connectivity index (χ4v) is 4.28. The summed E-state index contributed by atoms with van der Waals surface area (Å²) >= 11 is 0. The number of sulfonamides is 1. The van der Waals surface area contributed by atoms with Crippen LogP contribution in [0.25, 0.3) is 0 Å². The number of para-hydroxylation sites is 1. The highest BCUT2D eigenvalue weighted by Gasteiger charge is 2.20. The molecular weight excluding hydrogens is 404 g/mol. The van der Waals surface area contributed by atoms with Gasteiger partial charge in [-0.3, -0.25) is 9.10 Å². The minimum Gasteiger partial charge on any atom is -0.497 e. The van der Waals surface area contributed by atoms with Crippen molar-refractivity contribution in [2.24, 2.45) is 0 Å². The Morgan fingerprint density at radius 3 is 2.43 bits per heavy atom. The summed E-state index contributed by atoms with van der Waals surface area (Å²) in [7, 11) is -0.295. The maximum atomic E-state index is 12.5. The average molecular weight is 435 g/mol. The van der Waals surface area contributed by atoms with Crippen LogP contribution in [0.1, 0.15) is 36.9 Å². The normalized spacial score (nSPS) is 12.2. The van der Waals surface area contributed by atoms with Gasteiger partial charge in [-0.2, -0.15) is 0 Å². The van der Waals surface area contributed by atoms with E-state index in [1.807, 2.05) is 32.0 Å². The molecule has 30 heavy (non-hydrogen) atoms. The lowest BCUT2D eigenvalue weighted by molar-refractivity contribution is -0.121. The Labute approximate surface area is 179 Å². The maximum Gasteiger partial charge on any atom is 0.232 e. The first-order valence-electron chi connectivity index (χ1n) is 9.72. The molecule has 1 unspecified atom stereocenters. The van der Waals surface area contributed by atoms with Gasteiger partial charge in [-0.25, -0.2) is 8.42 Å². The van der Waals surface area contributed by atoms with Gasteiger partial charge in [0, 0.05) is 18.5 Å². The zero-order chi connectivity index (χ0) is 22.3. The lowest BCUT2D eigenvalue weighted by Gasteiger charge is -2.24. The molecule has 2 rings (SSSR count). The molecule has 0 aliphatic carbocycles. The number of anilines is 1. The van der Waals surface area contributed by atoms with Gasteiger partial charge in [0.15, 0.2) is 0 Å². The molecule has 0 radical (unpaired) electrons. The molecule has 0 aromatic heterocycles. The zero-order valence-corrected chi connectivity index (χ0v) is 19.0. The van der Waals surface area contributed by atoms with Gasteiger partial charge in [-0.15, -0.1) is 0 Å². The Bertz CT molecular complexity index is 975. The molecular formula is C22H30N2O5S. The third-order valence-corrected chi connectivity index (χ3v) is 6.01. The fraction of sp³-hybridized carbons (Fsp3) is 0.409. The van der Waals surface area contributed by atoms with Gasteiger partial charge in [0.2, 0.25) is 15.9 Å². The molecule has 0 saturated carbocycles. The Kier molecular flexibility index (Phi) is 8.11. The van der Waals surface area contributed by atoms with Crippen molar-refractivity contribution >= 4 is 21.6 Å². The first-order chi connectivity index (χ1) is 14.2. The molecule has 2 aromatic carbocycles. The molecule has 2 aromatic rings. The van der Waals surface area contributed by atoms with Crippen molar-refractivity contribution in [2.45, 2.75) is 32.7 Å². The van der Waals surface area contributed by atoms with E-state index in [1.165, 1.54) is 10.6 Å². The van der Waals surface area contributed by atoms with Crippen LogP contribution < -0.4 is 19.1 Å². The lowest BCUT2D eigenvalue weighted by atomic mass is 10.1.